The van der Waals surface area contributed by atoms with Gasteiger partial charge in [0, 0.05) is 63.4 Å². The lowest BCUT2D eigenvalue weighted by atomic mass is 10.0. The molecule has 102 valence electrons. The summed E-state index contributed by atoms with van der Waals surface area (Å²) in [6.07, 6.45) is 2.90. The summed E-state index contributed by atoms with van der Waals surface area (Å²) in [4.78, 5) is 10.6. The van der Waals surface area contributed by atoms with Crippen LogP contribution in [0.3, 0.4) is 0 Å². The van der Waals surface area contributed by atoms with Crippen molar-refractivity contribution in [3.8, 4) is 0 Å². The molecule has 0 amide bonds. The molecule has 2 atom stereocenters. The first kappa shape index (κ1) is 11.6. The highest BCUT2D eigenvalue weighted by Gasteiger charge is 2.47. The third-order valence-corrected chi connectivity index (χ3v) is 5.59. The van der Waals surface area contributed by atoms with Gasteiger partial charge in [-0.1, -0.05) is 0 Å². The molecule has 0 spiro atoms. The van der Waals surface area contributed by atoms with Gasteiger partial charge in [0.05, 0.1) is 0 Å². The topological polar surface area (TPSA) is 13.0 Å². The highest BCUT2D eigenvalue weighted by molar-refractivity contribution is 5.04. The fourth-order valence-electron chi connectivity index (χ4n) is 4.61. The Morgan fingerprint density at radius 2 is 1.11 bits per heavy atom. The van der Waals surface area contributed by atoms with E-state index in [1.807, 2.05) is 0 Å². The number of piperazine rings is 1. The molecule has 4 aliphatic heterocycles. The number of hydrogen-bond acceptors (Lipinski definition) is 4. The molecule has 0 aromatic rings. The minimum atomic E-state index is 0.865. The van der Waals surface area contributed by atoms with E-state index < -0.39 is 0 Å². The molecule has 18 heavy (non-hydrogen) atoms. The zero-order valence-electron chi connectivity index (χ0n) is 11.8. The van der Waals surface area contributed by atoms with Gasteiger partial charge in [0.1, 0.15) is 0 Å². The van der Waals surface area contributed by atoms with E-state index >= 15 is 0 Å². The molecule has 4 heteroatoms. The second kappa shape index (κ2) is 4.17. The van der Waals surface area contributed by atoms with Gasteiger partial charge in [-0.25, -0.2) is 0 Å². The van der Waals surface area contributed by atoms with Gasteiger partial charge >= 0.3 is 0 Å². The Morgan fingerprint density at radius 3 is 1.61 bits per heavy atom. The lowest BCUT2D eigenvalue weighted by Gasteiger charge is -2.54. The molecule has 4 heterocycles. The van der Waals surface area contributed by atoms with Gasteiger partial charge < -0.3 is 9.80 Å². The molecule has 4 saturated heterocycles. The van der Waals surface area contributed by atoms with E-state index in [2.05, 4.69) is 33.7 Å². The first-order valence-electron chi connectivity index (χ1n) is 7.59. The van der Waals surface area contributed by atoms with Gasteiger partial charge in [-0.15, -0.1) is 0 Å². The summed E-state index contributed by atoms with van der Waals surface area (Å²) in [5.74, 6) is 0. The number of nitrogens with zero attached hydrogens (tertiary/aromatic N) is 4. The van der Waals surface area contributed by atoms with Crippen LogP contribution in [0.4, 0.5) is 0 Å². The van der Waals surface area contributed by atoms with Gasteiger partial charge in [-0.2, -0.15) is 0 Å². The fourth-order valence-corrected chi connectivity index (χ4v) is 4.61. The molecule has 4 rings (SSSR count). The van der Waals surface area contributed by atoms with Gasteiger partial charge in [0.2, 0.25) is 0 Å². The summed E-state index contributed by atoms with van der Waals surface area (Å²) in [5, 5.41) is 0. The van der Waals surface area contributed by atoms with Crippen molar-refractivity contribution in [2.45, 2.75) is 37.0 Å². The zero-order valence-corrected chi connectivity index (χ0v) is 11.8. The number of likely N-dealkylation sites (tertiary alicyclic amines) is 3. The van der Waals surface area contributed by atoms with Crippen LogP contribution < -0.4 is 0 Å². The van der Waals surface area contributed by atoms with Crippen LogP contribution >= 0.6 is 0 Å². The van der Waals surface area contributed by atoms with Crippen molar-refractivity contribution in [1.82, 2.24) is 19.6 Å². The van der Waals surface area contributed by atoms with Gasteiger partial charge in [0.25, 0.3) is 0 Å². The van der Waals surface area contributed by atoms with E-state index in [9.17, 15) is 0 Å². The number of hydrogen-bond donors (Lipinski definition) is 0. The third kappa shape index (κ3) is 1.73. The molecule has 0 saturated carbocycles. The number of fused-ring (bicyclic) bond motifs is 2. The van der Waals surface area contributed by atoms with E-state index in [4.69, 9.17) is 0 Å². The molecule has 2 unspecified atom stereocenters. The Hall–Kier alpha value is -0.160. The molecule has 0 radical (unpaired) electrons. The molecule has 0 aliphatic carbocycles. The van der Waals surface area contributed by atoms with Crippen LogP contribution in [0.15, 0.2) is 0 Å². The molecule has 2 bridgehead atoms. The lowest BCUT2D eigenvalue weighted by molar-refractivity contribution is -0.0559. The zero-order chi connectivity index (χ0) is 12.3. The second-order valence-corrected chi connectivity index (χ2v) is 7.04. The molecular weight excluding hydrogens is 224 g/mol. The molecule has 0 aromatic heterocycles. The second-order valence-electron chi connectivity index (χ2n) is 7.04. The van der Waals surface area contributed by atoms with Crippen LogP contribution in [0.25, 0.3) is 0 Å². The molecule has 4 aliphatic rings. The molecule has 4 nitrogen and oxygen atoms in total. The Balaban J connectivity index is 1.40. The number of likely N-dealkylation sites (N-methyl/N-ethyl adjacent to an activating group) is 2. The summed E-state index contributed by atoms with van der Waals surface area (Å²) in [5.41, 5.74) is 0. The quantitative estimate of drug-likeness (QED) is 0.671. The molecular formula is C14H26N4. The van der Waals surface area contributed by atoms with E-state index in [1.165, 1.54) is 52.1 Å². The van der Waals surface area contributed by atoms with Crippen LogP contribution in [-0.4, -0.2) is 97.1 Å². The Bertz CT molecular complexity index is 308. The number of rotatable bonds is 2. The highest BCUT2D eigenvalue weighted by Crippen LogP contribution is 2.35. The van der Waals surface area contributed by atoms with E-state index in [1.54, 1.807) is 0 Å². The van der Waals surface area contributed by atoms with E-state index in [0.29, 0.717) is 0 Å². The minimum Gasteiger partial charge on any atom is -0.303 e. The van der Waals surface area contributed by atoms with Crippen molar-refractivity contribution in [3.63, 3.8) is 0 Å². The predicted octanol–water partition coefficient (Wildman–Crippen LogP) is -0.237. The summed E-state index contributed by atoms with van der Waals surface area (Å²) in [6.45, 7) is 7.89. The van der Waals surface area contributed by atoms with Crippen LogP contribution in [0.1, 0.15) is 12.8 Å². The smallest absolute Gasteiger partial charge is 0.0357 e. The van der Waals surface area contributed by atoms with E-state index in [0.717, 1.165) is 24.2 Å². The van der Waals surface area contributed by atoms with E-state index in [-0.39, 0.29) is 0 Å². The Morgan fingerprint density at radius 1 is 0.611 bits per heavy atom. The van der Waals surface area contributed by atoms with Crippen molar-refractivity contribution >= 4 is 0 Å². The summed E-state index contributed by atoms with van der Waals surface area (Å²) >= 11 is 0. The fraction of sp³-hybridized carbons (Fsp3) is 1.00. The van der Waals surface area contributed by atoms with Crippen LogP contribution in [0, 0.1) is 0 Å². The monoisotopic (exact) mass is 250 g/mol. The normalized spacial score (nSPS) is 41.0. The van der Waals surface area contributed by atoms with Gasteiger partial charge in [-0.3, -0.25) is 9.80 Å². The van der Waals surface area contributed by atoms with Crippen LogP contribution in [0.2, 0.25) is 0 Å². The third-order valence-electron chi connectivity index (χ3n) is 5.59. The molecule has 0 aromatic carbocycles. The summed E-state index contributed by atoms with van der Waals surface area (Å²) in [6, 6.07) is 3.48. The average molecular weight is 250 g/mol. The van der Waals surface area contributed by atoms with Crippen LogP contribution in [-0.2, 0) is 0 Å². The summed E-state index contributed by atoms with van der Waals surface area (Å²) in [7, 11) is 4.49. The van der Waals surface area contributed by atoms with Crippen molar-refractivity contribution in [2.24, 2.45) is 0 Å². The minimum absolute atomic E-state index is 0.865. The lowest BCUT2D eigenvalue weighted by Crippen LogP contribution is -2.69. The SMILES string of the molecule is CN1CC(N2CC3CCC(C2)N3C2CN(C)C2)C1. The van der Waals surface area contributed by atoms with Gasteiger partial charge in [-0.05, 0) is 26.9 Å². The first-order chi connectivity index (χ1) is 8.70. The maximum absolute atomic E-state index is 2.89. The molecule has 4 fully saturated rings. The average Bonchev–Trinajstić information content (AvgIpc) is 2.51. The maximum Gasteiger partial charge on any atom is 0.0357 e. The van der Waals surface area contributed by atoms with Crippen molar-refractivity contribution in [3.05, 3.63) is 0 Å². The first-order valence-corrected chi connectivity index (χ1v) is 7.59. The maximum atomic E-state index is 2.89. The van der Waals surface area contributed by atoms with Crippen molar-refractivity contribution in [1.29, 1.82) is 0 Å². The summed E-state index contributed by atoms with van der Waals surface area (Å²) < 4.78 is 0. The predicted molar refractivity (Wildman–Crippen MR) is 72.8 cm³/mol. The van der Waals surface area contributed by atoms with Crippen molar-refractivity contribution < 1.29 is 0 Å². The largest absolute Gasteiger partial charge is 0.303 e. The van der Waals surface area contributed by atoms with Gasteiger partial charge in [0.15, 0.2) is 0 Å². The van der Waals surface area contributed by atoms with Crippen LogP contribution in [0.5, 0.6) is 0 Å². The Labute approximate surface area is 110 Å². The highest BCUT2D eigenvalue weighted by atomic mass is 15.4. The Kier molecular flexibility index (Phi) is 2.70. The van der Waals surface area contributed by atoms with Crippen molar-refractivity contribution in [2.75, 3.05) is 53.4 Å². The standard InChI is InChI=1S/C14H26N4/c1-15-5-13(6-15)17-9-11-3-4-12(10-17)18(11)14-7-16(2)8-14/h11-14H,3-10H2,1-2H3. The molecule has 0 N–H and O–H groups in total.